The minimum atomic E-state index is -0.0203. The maximum atomic E-state index is 8.24. The Morgan fingerprint density at radius 2 is 2.29 bits per heavy atom. The van der Waals surface area contributed by atoms with E-state index in [0.29, 0.717) is 32.7 Å². The summed E-state index contributed by atoms with van der Waals surface area (Å²) in [6, 6.07) is 1.99. The van der Waals surface area contributed by atoms with Crippen molar-refractivity contribution < 1.29 is 9.47 Å². The van der Waals surface area contributed by atoms with Crippen LogP contribution in [0.15, 0.2) is 0 Å². The second-order valence-corrected chi connectivity index (χ2v) is 2.94. The first-order valence-corrected chi connectivity index (χ1v) is 4.56. The Balaban J connectivity index is 3.24. The molecule has 0 aliphatic carbocycles. The van der Waals surface area contributed by atoms with Crippen LogP contribution in [-0.4, -0.2) is 31.8 Å². The molecule has 1 unspecified atom stereocenters. The number of nitrogens with two attached hydrogens (primary N) is 1. The van der Waals surface area contributed by atoms with Crippen LogP contribution >= 0.6 is 0 Å². The molecule has 3 N–H and O–H groups in total. The van der Waals surface area contributed by atoms with Gasteiger partial charge in [-0.1, -0.05) is 0 Å². The molecule has 0 aliphatic heterocycles. The highest BCUT2D eigenvalue weighted by molar-refractivity contribution is 5.76. The van der Waals surface area contributed by atoms with Crippen molar-refractivity contribution in [2.75, 3.05) is 19.8 Å². The summed E-state index contributed by atoms with van der Waals surface area (Å²) in [5.74, 6) is 0.127. The topological polar surface area (TPSA) is 92.1 Å². The molecule has 0 rings (SSSR count). The Labute approximate surface area is 84.3 Å². The largest absolute Gasteiger partial charge is 0.388 e. The third-order valence-electron chi connectivity index (χ3n) is 1.48. The first kappa shape index (κ1) is 12.9. The van der Waals surface area contributed by atoms with E-state index in [1.54, 1.807) is 0 Å². The SMILES string of the molecule is CC(COCCC#N)OCCC(=N)N. The molecule has 5 nitrogen and oxygen atoms in total. The molecule has 0 spiro atoms. The quantitative estimate of drug-likeness (QED) is 0.341. The van der Waals surface area contributed by atoms with Gasteiger partial charge in [-0.25, -0.2) is 0 Å². The molecule has 0 aromatic heterocycles. The molecule has 0 aromatic rings. The third-order valence-corrected chi connectivity index (χ3v) is 1.48. The van der Waals surface area contributed by atoms with E-state index in [-0.39, 0.29) is 11.9 Å². The van der Waals surface area contributed by atoms with Crippen molar-refractivity contribution in [2.45, 2.75) is 25.9 Å². The van der Waals surface area contributed by atoms with Crippen LogP contribution < -0.4 is 5.73 Å². The van der Waals surface area contributed by atoms with Gasteiger partial charge in [-0.2, -0.15) is 5.26 Å². The van der Waals surface area contributed by atoms with Gasteiger partial charge in [-0.3, -0.25) is 5.41 Å². The summed E-state index contributed by atoms with van der Waals surface area (Å²) in [6.07, 6.45) is 0.830. The molecule has 0 heterocycles. The highest BCUT2D eigenvalue weighted by Gasteiger charge is 2.02. The first-order chi connectivity index (χ1) is 6.66. The molecule has 0 saturated heterocycles. The molecule has 0 aliphatic rings. The first-order valence-electron chi connectivity index (χ1n) is 4.56. The maximum absolute atomic E-state index is 8.24. The van der Waals surface area contributed by atoms with Crippen molar-refractivity contribution in [3.63, 3.8) is 0 Å². The standard InChI is InChI=1S/C9H17N3O2/c1-8(7-13-5-2-4-10)14-6-3-9(11)12/h8H,2-3,5-7H2,1H3,(H3,11,12). The lowest BCUT2D eigenvalue weighted by Gasteiger charge is -2.12. The molecule has 0 amide bonds. The number of nitriles is 1. The van der Waals surface area contributed by atoms with E-state index in [0.717, 1.165) is 0 Å². The van der Waals surface area contributed by atoms with Crippen LogP contribution in [0.4, 0.5) is 0 Å². The van der Waals surface area contributed by atoms with Crippen LogP contribution in [0.1, 0.15) is 19.8 Å². The van der Waals surface area contributed by atoms with Crippen molar-refractivity contribution in [1.82, 2.24) is 0 Å². The number of nitrogens with zero attached hydrogens (tertiary/aromatic N) is 1. The van der Waals surface area contributed by atoms with Crippen molar-refractivity contribution in [1.29, 1.82) is 10.7 Å². The van der Waals surface area contributed by atoms with Crippen LogP contribution in [0.3, 0.4) is 0 Å². The normalized spacial score (nSPS) is 12.0. The third kappa shape index (κ3) is 8.97. The van der Waals surface area contributed by atoms with Crippen LogP contribution in [0.25, 0.3) is 0 Å². The van der Waals surface area contributed by atoms with Gasteiger partial charge in [0.15, 0.2) is 0 Å². The Morgan fingerprint density at radius 3 is 2.86 bits per heavy atom. The van der Waals surface area contributed by atoms with Crippen molar-refractivity contribution in [3.8, 4) is 6.07 Å². The van der Waals surface area contributed by atoms with Crippen molar-refractivity contribution in [2.24, 2.45) is 5.73 Å². The molecule has 0 aromatic carbocycles. The number of hydrogen-bond acceptors (Lipinski definition) is 4. The fourth-order valence-electron chi connectivity index (χ4n) is 0.785. The molecular formula is C9H17N3O2. The van der Waals surface area contributed by atoms with E-state index in [4.69, 9.17) is 25.9 Å². The predicted octanol–water partition coefficient (Wildman–Crippen LogP) is 0.648. The van der Waals surface area contributed by atoms with E-state index in [1.807, 2.05) is 13.0 Å². The summed E-state index contributed by atoms with van der Waals surface area (Å²) >= 11 is 0. The summed E-state index contributed by atoms with van der Waals surface area (Å²) < 4.78 is 10.5. The Kier molecular flexibility index (Phi) is 7.80. The van der Waals surface area contributed by atoms with Gasteiger partial charge in [0, 0.05) is 6.42 Å². The molecule has 0 radical (unpaired) electrons. The fraction of sp³-hybridized carbons (Fsp3) is 0.778. The zero-order valence-corrected chi connectivity index (χ0v) is 8.45. The molecule has 0 fully saturated rings. The van der Waals surface area contributed by atoms with Gasteiger partial charge in [0.25, 0.3) is 0 Å². The monoisotopic (exact) mass is 199 g/mol. The molecule has 0 saturated carbocycles. The molecule has 1 atom stereocenters. The van der Waals surface area contributed by atoms with E-state index in [2.05, 4.69) is 0 Å². The highest BCUT2D eigenvalue weighted by Crippen LogP contribution is 1.94. The second-order valence-electron chi connectivity index (χ2n) is 2.94. The summed E-state index contributed by atoms with van der Waals surface area (Å²) in [7, 11) is 0. The van der Waals surface area contributed by atoms with E-state index >= 15 is 0 Å². The van der Waals surface area contributed by atoms with Crippen LogP contribution in [-0.2, 0) is 9.47 Å². The minimum absolute atomic E-state index is 0.0203. The smallest absolute Gasteiger partial charge is 0.0928 e. The van der Waals surface area contributed by atoms with Crippen LogP contribution in [0.5, 0.6) is 0 Å². The Hall–Kier alpha value is -1.12. The van der Waals surface area contributed by atoms with Gasteiger partial charge in [0.2, 0.25) is 0 Å². The lowest BCUT2D eigenvalue weighted by Crippen LogP contribution is -2.20. The fourth-order valence-corrected chi connectivity index (χ4v) is 0.785. The zero-order chi connectivity index (χ0) is 10.8. The lowest BCUT2D eigenvalue weighted by molar-refractivity contribution is -0.00261. The van der Waals surface area contributed by atoms with Crippen LogP contribution in [0, 0.1) is 16.7 Å². The van der Waals surface area contributed by atoms with Gasteiger partial charge in [0.1, 0.15) is 0 Å². The predicted molar refractivity (Wildman–Crippen MR) is 53.0 cm³/mol. The summed E-state index contributed by atoms with van der Waals surface area (Å²) in [5, 5.41) is 15.2. The van der Waals surface area contributed by atoms with E-state index < -0.39 is 0 Å². The molecule has 0 bridgehead atoms. The average molecular weight is 199 g/mol. The van der Waals surface area contributed by atoms with Gasteiger partial charge < -0.3 is 15.2 Å². The van der Waals surface area contributed by atoms with Gasteiger partial charge in [-0.15, -0.1) is 0 Å². The van der Waals surface area contributed by atoms with Gasteiger partial charge in [0.05, 0.1) is 44.3 Å². The van der Waals surface area contributed by atoms with Gasteiger partial charge in [-0.05, 0) is 6.92 Å². The number of amidine groups is 1. The average Bonchev–Trinajstić information content (AvgIpc) is 2.12. The Morgan fingerprint density at radius 1 is 1.57 bits per heavy atom. The lowest BCUT2D eigenvalue weighted by atomic mass is 10.4. The molecule has 14 heavy (non-hydrogen) atoms. The summed E-state index contributed by atoms with van der Waals surface area (Å²) in [6.45, 7) is 3.24. The van der Waals surface area contributed by atoms with Crippen molar-refractivity contribution >= 4 is 5.84 Å². The number of rotatable bonds is 8. The van der Waals surface area contributed by atoms with E-state index in [9.17, 15) is 0 Å². The summed E-state index contributed by atoms with van der Waals surface area (Å²) in [5.41, 5.74) is 5.15. The molecule has 80 valence electrons. The Bertz CT molecular complexity index is 201. The maximum Gasteiger partial charge on any atom is 0.0928 e. The zero-order valence-electron chi connectivity index (χ0n) is 8.45. The number of ether oxygens (including phenoxy) is 2. The summed E-state index contributed by atoms with van der Waals surface area (Å²) in [4.78, 5) is 0. The molecule has 5 heteroatoms. The number of nitrogens with one attached hydrogen (secondary N) is 1. The highest BCUT2D eigenvalue weighted by atomic mass is 16.5. The van der Waals surface area contributed by atoms with Crippen LogP contribution in [0.2, 0.25) is 0 Å². The number of hydrogen-bond donors (Lipinski definition) is 2. The van der Waals surface area contributed by atoms with Crippen molar-refractivity contribution in [3.05, 3.63) is 0 Å². The van der Waals surface area contributed by atoms with Gasteiger partial charge >= 0.3 is 0 Å². The second kappa shape index (κ2) is 8.48. The van der Waals surface area contributed by atoms with E-state index in [1.165, 1.54) is 0 Å². The molecular weight excluding hydrogens is 182 g/mol. The minimum Gasteiger partial charge on any atom is -0.388 e.